The van der Waals surface area contributed by atoms with Crippen LogP contribution in [0.15, 0.2) is 17.2 Å². The summed E-state index contributed by atoms with van der Waals surface area (Å²) < 4.78 is 0. The molecule has 0 atom stereocenters. The molecule has 0 saturated heterocycles. The van der Waals surface area contributed by atoms with Crippen LogP contribution in [0.25, 0.3) is 0 Å². The summed E-state index contributed by atoms with van der Waals surface area (Å²) in [5.74, 6) is 0.642. The van der Waals surface area contributed by atoms with Gasteiger partial charge in [-0.2, -0.15) is 0 Å². The number of aromatic amines is 1. The van der Waals surface area contributed by atoms with E-state index >= 15 is 0 Å². The van der Waals surface area contributed by atoms with Crippen LogP contribution in [-0.4, -0.2) is 42.1 Å². The van der Waals surface area contributed by atoms with Crippen molar-refractivity contribution in [2.45, 2.75) is 12.8 Å². The SMILES string of the molecule is CN(C)CCCCNc1cc(=O)[nH]cn1. The number of nitrogens with one attached hydrogen (secondary N) is 2. The van der Waals surface area contributed by atoms with Crippen molar-refractivity contribution in [3.8, 4) is 0 Å². The normalized spacial score (nSPS) is 10.6. The summed E-state index contributed by atoms with van der Waals surface area (Å²) in [5, 5.41) is 3.11. The highest BCUT2D eigenvalue weighted by molar-refractivity contribution is 5.31. The molecule has 0 aliphatic heterocycles. The maximum Gasteiger partial charge on any atom is 0.252 e. The van der Waals surface area contributed by atoms with Crippen LogP contribution in [0.1, 0.15) is 12.8 Å². The standard InChI is InChI=1S/C10H18N4O/c1-14(2)6-4-3-5-11-9-7-10(15)13-8-12-9/h7-8H,3-6H2,1-2H3,(H2,11,12,13,15). The van der Waals surface area contributed by atoms with E-state index in [1.807, 2.05) is 0 Å². The largest absolute Gasteiger partial charge is 0.370 e. The first-order chi connectivity index (χ1) is 7.18. The van der Waals surface area contributed by atoms with E-state index in [-0.39, 0.29) is 5.56 Å². The van der Waals surface area contributed by atoms with E-state index in [0.717, 1.165) is 25.9 Å². The van der Waals surface area contributed by atoms with Gasteiger partial charge in [-0.3, -0.25) is 4.79 Å². The average molecular weight is 210 g/mol. The van der Waals surface area contributed by atoms with Crippen LogP contribution in [0.4, 0.5) is 5.82 Å². The van der Waals surface area contributed by atoms with Crippen LogP contribution in [0.3, 0.4) is 0 Å². The van der Waals surface area contributed by atoms with Gasteiger partial charge in [-0.05, 0) is 33.5 Å². The lowest BCUT2D eigenvalue weighted by Gasteiger charge is -2.09. The average Bonchev–Trinajstić information content (AvgIpc) is 2.17. The number of hydrogen-bond donors (Lipinski definition) is 2. The van der Waals surface area contributed by atoms with Crippen molar-refractivity contribution in [2.75, 3.05) is 32.5 Å². The Morgan fingerprint density at radius 3 is 2.93 bits per heavy atom. The number of aromatic nitrogens is 2. The molecule has 0 aromatic carbocycles. The Morgan fingerprint density at radius 1 is 1.47 bits per heavy atom. The predicted molar refractivity (Wildman–Crippen MR) is 61.1 cm³/mol. The van der Waals surface area contributed by atoms with Gasteiger partial charge in [-0.1, -0.05) is 0 Å². The molecule has 1 aromatic rings. The van der Waals surface area contributed by atoms with Crippen molar-refractivity contribution < 1.29 is 0 Å². The zero-order chi connectivity index (χ0) is 11.1. The number of nitrogens with zero attached hydrogens (tertiary/aromatic N) is 2. The van der Waals surface area contributed by atoms with Crippen LogP contribution in [0.2, 0.25) is 0 Å². The summed E-state index contributed by atoms with van der Waals surface area (Å²) in [6, 6.07) is 1.46. The topological polar surface area (TPSA) is 61.0 Å². The van der Waals surface area contributed by atoms with E-state index in [2.05, 4.69) is 34.3 Å². The summed E-state index contributed by atoms with van der Waals surface area (Å²) in [6.07, 6.45) is 3.63. The maximum absolute atomic E-state index is 10.9. The van der Waals surface area contributed by atoms with Gasteiger partial charge in [0.15, 0.2) is 0 Å². The fourth-order valence-electron chi connectivity index (χ4n) is 1.23. The summed E-state index contributed by atoms with van der Waals surface area (Å²) in [4.78, 5) is 19.6. The van der Waals surface area contributed by atoms with Crippen molar-refractivity contribution in [3.63, 3.8) is 0 Å². The molecule has 1 heterocycles. The third kappa shape index (κ3) is 5.17. The summed E-state index contributed by atoms with van der Waals surface area (Å²) in [6.45, 7) is 1.94. The minimum absolute atomic E-state index is 0.124. The first-order valence-electron chi connectivity index (χ1n) is 5.12. The highest BCUT2D eigenvalue weighted by atomic mass is 16.1. The number of unbranched alkanes of at least 4 members (excludes halogenated alkanes) is 1. The molecule has 2 N–H and O–H groups in total. The Balaban J connectivity index is 2.18. The van der Waals surface area contributed by atoms with Gasteiger partial charge in [0.05, 0.1) is 6.33 Å². The minimum atomic E-state index is -0.124. The van der Waals surface area contributed by atoms with Gasteiger partial charge < -0.3 is 15.2 Å². The van der Waals surface area contributed by atoms with Gasteiger partial charge in [0.1, 0.15) is 5.82 Å². The highest BCUT2D eigenvalue weighted by Gasteiger charge is 1.94. The van der Waals surface area contributed by atoms with E-state index in [0.29, 0.717) is 5.82 Å². The third-order valence-electron chi connectivity index (χ3n) is 2.02. The van der Waals surface area contributed by atoms with Crippen LogP contribution in [-0.2, 0) is 0 Å². The van der Waals surface area contributed by atoms with Crippen molar-refractivity contribution >= 4 is 5.82 Å². The molecule has 0 spiro atoms. The molecule has 1 rings (SSSR count). The monoisotopic (exact) mass is 210 g/mol. The Morgan fingerprint density at radius 2 is 2.27 bits per heavy atom. The van der Waals surface area contributed by atoms with E-state index in [1.54, 1.807) is 0 Å². The van der Waals surface area contributed by atoms with Gasteiger partial charge >= 0.3 is 0 Å². The predicted octanol–water partition coefficient (Wildman–Crippen LogP) is 0.524. The van der Waals surface area contributed by atoms with E-state index < -0.39 is 0 Å². The molecule has 0 aliphatic carbocycles. The maximum atomic E-state index is 10.9. The molecule has 1 aromatic heterocycles. The van der Waals surface area contributed by atoms with E-state index in [9.17, 15) is 4.79 Å². The molecule has 0 radical (unpaired) electrons. The number of hydrogen-bond acceptors (Lipinski definition) is 4. The molecule has 0 bridgehead atoms. The van der Waals surface area contributed by atoms with Crippen molar-refractivity contribution in [3.05, 3.63) is 22.7 Å². The van der Waals surface area contributed by atoms with Gasteiger partial charge in [-0.15, -0.1) is 0 Å². The van der Waals surface area contributed by atoms with Crippen molar-refractivity contribution in [1.82, 2.24) is 14.9 Å². The Hall–Kier alpha value is -1.36. The van der Waals surface area contributed by atoms with Gasteiger partial charge in [0.25, 0.3) is 5.56 Å². The fourth-order valence-corrected chi connectivity index (χ4v) is 1.23. The summed E-state index contributed by atoms with van der Waals surface area (Å²) >= 11 is 0. The van der Waals surface area contributed by atoms with Crippen LogP contribution in [0, 0.1) is 0 Å². The zero-order valence-electron chi connectivity index (χ0n) is 9.29. The highest BCUT2D eigenvalue weighted by Crippen LogP contribution is 1.97. The van der Waals surface area contributed by atoms with E-state index in [4.69, 9.17) is 0 Å². The number of H-pyrrole nitrogens is 1. The lowest BCUT2D eigenvalue weighted by atomic mass is 10.3. The second kappa shape index (κ2) is 6.19. The Bertz CT molecular complexity index is 334. The molecule has 0 fully saturated rings. The molecule has 84 valence electrons. The Kier molecular flexibility index (Phi) is 4.83. The van der Waals surface area contributed by atoms with E-state index in [1.165, 1.54) is 12.4 Å². The lowest BCUT2D eigenvalue weighted by molar-refractivity contribution is 0.396. The molecule has 5 nitrogen and oxygen atoms in total. The van der Waals surface area contributed by atoms with Gasteiger partial charge in [0.2, 0.25) is 0 Å². The molecule has 15 heavy (non-hydrogen) atoms. The summed E-state index contributed by atoms with van der Waals surface area (Å²) in [5.41, 5.74) is -0.124. The molecule has 5 heteroatoms. The minimum Gasteiger partial charge on any atom is -0.370 e. The zero-order valence-corrected chi connectivity index (χ0v) is 9.29. The second-order valence-electron chi connectivity index (χ2n) is 3.73. The lowest BCUT2D eigenvalue weighted by Crippen LogP contribution is -2.15. The molecule has 0 aliphatic rings. The smallest absolute Gasteiger partial charge is 0.252 e. The Labute approximate surface area is 89.5 Å². The fraction of sp³-hybridized carbons (Fsp3) is 0.600. The van der Waals surface area contributed by atoms with Crippen LogP contribution in [0.5, 0.6) is 0 Å². The first-order valence-corrected chi connectivity index (χ1v) is 5.12. The van der Waals surface area contributed by atoms with Gasteiger partial charge in [0, 0.05) is 12.6 Å². The van der Waals surface area contributed by atoms with Crippen LogP contribution >= 0.6 is 0 Å². The second-order valence-corrected chi connectivity index (χ2v) is 3.73. The van der Waals surface area contributed by atoms with Crippen LogP contribution < -0.4 is 10.9 Å². The molecule has 0 saturated carbocycles. The molecule has 0 amide bonds. The van der Waals surface area contributed by atoms with Crippen molar-refractivity contribution in [2.24, 2.45) is 0 Å². The number of rotatable bonds is 6. The molecular formula is C10H18N4O. The summed E-state index contributed by atoms with van der Waals surface area (Å²) in [7, 11) is 4.12. The quantitative estimate of drug-likeness (QED) is 0.672. The van der Waals surface area contributed by atoms with Crippen molar-refractivity contribution in [1.29, 1.82) is 0 Å². The first kappa shape index (κ1) is 11.7. The van der Waals surface area contributed by atoms with Gasteiger partial charge in [-0.25, -0.2) is 4.98 Å². The molecule has 0 unspecified atom stereocenters. The third-order valence-corrected chi connectivity index (χ3v) is 2.02. The number of anilines is 1. The molecular weight excluding hydrogens is 192 g/mol.